The predicted molar refractivity (Wildman–Crippen MR) is 71.3 cm³/mol. The molecule has 0 spiro atoms. The van der Waals surface area contributed by atoms with Gasteiger partial charge >= 0.3 is 5.97 Å². The zero-order chi connectivity index (χ0) is 14.1. The molecule has 0 bridgehead atoms. The second-order valence-corrected chi connectivity index (χ2v) is 6.25. The number of aromatic nitrogens is 3. The molecule has 1 aromatic rings. The van der Waals surface area contributed by atoms with Gasteiger partial charge in [-0.05, 0) is 12.8 Å². The topological polar surface area (TPSA) is 88.3 Å². The number of hydrogen-bond donors (Lipinski definition) is 1. The first kappa shape index (κ1) is 13.4. The smallest absolute Gasteiger partial charge is 0.303 e. The van der Waals surface area contributed by atoms with Gasteiger partial charge in [0.1, 0.15) is 6.33 Å². The van der Waals surface area contributed by atoms with Crippen molar-refractivity contribution in [2.24, 2.45) is 5.92 Å². The second kappa shape index (κ2) is 5.43. The minimum atomic E-state index is -0.797. The summed E-state index contributed by atoms with van der Waals surface area (Å²) in [6, 6.07) is 0.506. The number of carbonyl (C=O) groups is 2. The fourth-order valence-corrected chi connectivity index (χ4v) is 3.19. The molecular weight excluding hydrogens is 280 g/mol. The molecular formula is C12H16N4O3S. The highest BCUT2D eigenvalue weighted by Crippen LogP contribution is 2.37. The van der Waals surface area contributed by atoms with Crippen LogP contribution in [0.15, 0.2) is 11.5 Å². The number of rotatable bonds is 6. The minimum Gasteiger partial charge on any atom is -0.481 e. The first-order valence-corrected chi connectivity index (χ1v) is 7.64. The summed E-state index contributed by atoms with van der Waals surface area (Å²) in [7, 11) is 0. The van der Waals surface area contributed by atoms with Gasteiger partial charge < -0.3 is 14.6 Å². The van der Waals surface area contributed by atoms with E-state index in [-0.39, 0.29) is 18.2 Å². The van der Waals surface area contributed by atoms with Gasteiger partial charge in [0.15, 0.2) is 5.16 Å². The van der Waals surface area contributed by atoms with Crippen LogP contribution in [0.2, 0.25) is 0 Å². The first-order valence-electron chi connectivity index (χ1n) is 6.65. The van der Waals surface area contributed by atoms with Gasteiger partial charge in [0.2, 0.25) is 5.91 Å². The molecule has 108 valence electrons. The van der Waals surface area contributed by atoms with E-state index >= 15 is 0 Å². The Morgan fingerprint density at radius 3 is 2.80 bits per heavy atom. The van der Waals surface area contributed by atoms with Crippen LogP contribution in [0.3, 0.4) is 0 Å². The highest BCUT2D eigenvalue weighted by Gasteiger charge is 2.32. The van der Waals surface area contributed by atoms with E-state index in [0.29, 0.717) is 24.9 Å². The van der Waals surface area contributed by atoms with Crippen LogP contribution < -0.4 is 0 Å². The fourth-order valence-electron chi connectivity index (χ4n) is 2.31. The van der Waals surface area contributed by atoms with E-state index in [2.05, 4.69) is 10.2 Å². The maximum Gasteiger partial charge on any atom is 0.303 e. The summed E-state index contributed by atoms with van der Waals surface area (Å²) in [4.78, 5) is 24.2. The number of nitrogens with zero attached hydrogens (tertiary/aromatic N) is 4. The van der Waals surface area contributed by atoms with Crippen LogP contribution in [0, 0.1) is 5.92 Å². The molecule has 1 amide bonds. The molecule has 8 heteroatoms. The quantitative estimate of drug-likeness (QED) is 0.775. The second-order valence-electron chi connectivity index (χ2n) is 5.30. The minimum absolute atomic E-state index is 0.0435. The van der Waals surface area contributed by atoms with Gasteiger partial charge in [-0.2, -0.15) is 0 Å². The van der Waals surface area contributed by atoms with Crippen LogP contribution in [0.5, 0.6) is 0 Å². The van der Waals surface area contributed by atoms with Crippen LogP contribution in [-0.4, -0.2) is 55.5 Å². The molecule has 7 nitrogen and oxygen atoms in total. The van der Waals surface area contributed by atoms with E-state index in [9.17, 15) is 9.59 Å². The molecule has 20 heavy (non-hydrogen) atoms. The Morgan fingerprint density at radius 2 is 2.15 bits per heavy atom. The molecule has 2 heterocycles. The third kappa shape index (κ3) is 2.95. The summed E-state index contributed by atoms with van der Waals surface area (Å²) < 4.78 is 2.03. The van der Waals surface area contributed by atoms with Crippen LogP contribution in [0.4, 0.5) is 0 Å². The third-order valence-corrected chi connectivity index (χ3v) is 4.52. The number of carboxylic acid groups (broad SMARTS) is 1. The number of thioether (sulfide) groups is 1. The van der Waals surface area contributed by atoms with E-state index in [4.69, 9.17) is 5.11 Å². The Balaban J connectivity index is 1.44. The van der Waals surface area contributed by atoms with Crippen LogP contribution in [0.1, 0.15) is 25.3 Å². The Morgan fingerprint density at radius 1 is 1.40 bits per heavy atom. The Labute approximate surface area is 120 Å². The number of hydrogen-bond acceptors (Lipinski definition) is 5. The Kier molecular flexibility index (Phi) is 3.64. The van der Waals surface area contributed by atoms with Crippen molar-refractivity contribution in [1.29, 1.82) is 0 Å². The normalized spacial score (nSPS) is 18.9. The summed E-state index contributed by atoms with van der Waals surface area (Å²) in [5, 5.41) is 17.4. The van der Waals surface area contributed by atoms with Gasteiger partial charge in [-0.3, -0.25) is 9.59 Å². The molecule has 2 fully saturated rings. The molecule has 1 saturated heterocycles. The summed E-state index contributed by atoms with van der Waals surface area (Å²) in [6.45, 7) is 1.11. The highest BCUT2D eigenvalue weighted by molar-refractivity contribution is 7.99. The van der Waals surface area contributed by atoms with Crippen LogP contribution in [-0.2, 0) is 9.59 Å². The maximum atomic E-state index is 11.9. The summed E-state index contributed by atoms with van der Waals surface area (Å²) in [5.74, 6) is -0.307. The Hall–Kier alpha value is -1.57. The zero-order valence-electron chi connectivity index (χ0n) is 10.9. The van der Waals surface area contributed by atoms with Crippen molar-refractivity contribution in [3.05, 3.63) is 6.33 Å². The lowest BCUT2D eigenvalue weighted by atomic mass is 9.96. The monoisotopic (exact) mass is 296 g/mol. The average Bonchev–Trinajstić information content (AvgIpc) is 3.09. The van der Waals surface area contributed by atoms with E-state index in [0.717, 1.165) is 18.0 Å². The number of amides is 1. The molecule has 2 aliphatic rings. The first-order chi connectivity index (χ1) is 9.63. The number of carboxylic acids is 1. The standard InChI is InChI=1S/C12H16N4O3S/c17-10(15-4-8(5-15)3-11(18)19)6-20-12-14-13-7-16(12)9-1-2-9/h7-9H,1-6H2,(H,18,19). The SMILES string of the molecule is O=C(O)CC1CN(C(=O)CSc2nncn2C2CC2)C1. The molecule has 1 aromatic heterocycles. The van der Waals surface area contributed by atoms with E-state index in [1.54, 1.807) is 11.2 Å². The van der Waals surface area contributed by atoms with Gasteiger partial charge in [0.25, 0.3) is 0 Å². The van der Waals surface area contributed by atoms with Crippen molar-refractivity contribution >= 4 is 23.6 Å². The Bertz CT molecular complexity index is 523. The fraction of sp³-hybridized carbons (Fsp3) is 0.667. The van der Waals surface area contributed by atoms with Crippen LogP contribution in [0.25, 0.3) is 0 Å². The van der Waals surface area contributed by atoms with Gasteiger partial charge in [-0.15, -0.1) is 10.2 Å². The van der Waals surface area contributed by atoms with Gasteiger partial charge in [-0.25, -0.2) is 0 Å². The van der Waals surface area contributed by atoms with Crippen molar-refractivity contribution in [1.82, 2.24) is 19.7 Å². The molecule has 1 saturated carbocycles. The van der Waals surface area contributed by atoms with Gasteiger partial charge in [-0.1, -0.05) is 11.8 Å². The molecule has 3 rings (SSSR count). The summed E-state index contributed by atoms with van der Waals surface area (Å²) >= 11 is 1.40. The highest BCUT2D eigenvalue weighted by atomic mass is 32.2. The molecule has 0 aromatic carbocycles. The lowest BCUT2D eigenvalue weighted by molar-refractivity contribution is -0.143. The van der Waals surface area contributed by atoms with Gasteiger partial charge in [0.05, 0.1) is 12.2 Å². The summed E-state index contributed by atoms with van der Waals surface area (Å²) in [6.07, 6.45) is 4.18. The van der Waals surface area contributed by atoms with E-state index in [1.807, 2.05) is 4.57 Å². The number of aliphatic carboxylic acids is 1. The predicted octanol–water partition coefficient (Wildman–Crippen LogP) is 0.638. The summed E-state index contributed by atoms with van der Waals surface area (Å²) in [5.41, 5.74) is 0. The molecule has 0 unspecified atom stereocenters. The molecule has 1 aliphatic carbocycles. The largest absolute Gasteiger partial charge is 0.481 e. The molecule has 1 aliphatic heterocycles. The molecule has 0 atom stereocenters. The lowest BCUT2D eigenvalue weighted by Crippen LogP contribution is -2.51. The van der Waals surface area contributed by atoms with Gasteiger partial charge in [0, 0.05) is 25.0 Å². The third-order valence-electron chi connectivity index (χ3n) is 3.58. The van der Waals surface area contributed by atoms with E-state index < -0.39 is 5.97 Å². The molecule has 1 N–H and O–H groups in total. The van der Waals surface area contributed by atoms with Crippen molar-refractivity contribution in [2.45, 2.75) is 30.5 Å². The average molecular weight is 296 g/mol. The number of carbonyl (C=O) groups excluding carboxylic acids is 1. The van der Waals surface area contributed by atoms with E-state index in [1.165, 1.54) is 11.8 Å². The molecule has 0 radical (unpaired) electrons. The van der Waals surface area contributed by atoms with Crippen LogP contribution >= 0.6 is 11.8 Å². The maximum absolute atomic E-state index is 11.9. The van der Waals surface area contributed by atoms with Crippen molar-refractivity contribution in [3.8, 4) is 0 Å². The van der Waals surface area contributed by atoms with Crippen molar-refractivity contribution in [3.63, 3.8) is 0 Å². The zero-order valence-corrected chi connectivity index (χ0v) is 11.8. The van der Waals surface area contributed by atoms with Crippen molar-refractivity contribution < 1.29 is 14.7 Å². The van der Waals surface area contributed by atoms with Crippen molar-refractivity contribution in [2.75, 3.05) is 18.8 Å². The number of likely N-dealkylation sites (tertiary alicyclic amines) is 1. The lowest BCUT2D eigenvalue weighted by Gasteiger charge is -2.38.